The molecule has 0 aliphatic carbocycles. The zero-order valence-electron chi connectivity index (χ0n) is 17.5. The number of hydrogen-bond acceptors (Lipinski definition) is 3. The Balaban J connectivity index is 1.67. The van der Waals surface area contributed by atoms with Crippen molar-refractivity contribution in [3.8, 4) is 5.75 Å². The third-order valence-electron chi connectivity index (χ3n) is 5.53. The van der Waals surface area contributed by atoms with Gasteiger partial charge in [0.15, 0.2) is 5.96 Å². The molecule has 2 aromatic rings. The molecule has 1 heterocycles. The molecule has 0 radical (unpaired) electrons. The average Bonchev–Trinajstić information content (AvgIpc) is 2.76. The fourth-order valence-electron chi connectivity index (χ4n) is 3.83. The molecule has 2 aromatic carbocycles. The quantitative estimate of drug-likeness (QED) is 0.528. The molecule has 30 heavy (non-hydrogen) atoms. The minimum absolute atomic E-state index is 0.0373. The van der Waals surface area contributed by atoms with E-state index in [1.807, 2.05) is 19.1 Å². The molecule has 0 bridgehead atoms. The second-order valence-electron chi connectivity index (χ2n) is 7.53. The summed E-state index contributed by atoms with van der Waals surface area (Å²) in [5.41, 5.74) is 2.87. The van der Waals surface area contributed by atoms with Crippen molar-refractivity contribution < 1.29 is 18.3 Å². The van der Waals surface area contributed by atoms with Gasteiger partial charge in [-0.05, 0) is 31.4 Å². The summed E-state index contributed by atoms with van der Waals surface area (Å²) < 4.78 is 35.7. The topological polar surface area (TPSA) is 54.9 Å². The number of benzene rings is 2. The summed E-state index contributed by atoms with van der Waals surface area (Å²) >= 11 is 0. The van der Waals surface area contributed by atoms with Gasteiger partial charge in [-0.3, -0.25) is 4.99 Å². The maximum atomic E-state index is 12.7. The van der Waals surface area contributed by atoms with Gasteiger partial charge >= 0.3 is 6.61 Å². The van der Waals surface area contributed by atoms with Crippen molar-refractivity contribution in [3.05, 3.63) is 65.2 Å². The van der Waals surface area contributed by atoms with Crippen molar-refractivity contribution in [2.45, 2.75) is 38.3 Å². The first kappa shape index (κ1) is 22.0. The summed E-state index contributed by atoms with van der Waals surface area (Å²) in [4.78, 5) is 4.30. The van der Waals surface area contributed by atoms with E-state index in [0.717, 1.165) is 31.6 Å². The summed E-state index contributed by atoms with van der Waals surface area (Å²) in [6.07, 6.45) is 1.84. The highest BCUT2D eigenvalue weighted by Crippen LogP contribution is 2.34. The van der Waals surface area contributed by atoms with Crippen molar-refractivity contribution in [1.82, 2.24) is 10.6 Å². The van der Waals surface area contributed by atoms with Crippen molar-refractivity contribution >= 4 is 5.96 Å². The van der Waals surface area contributed by atoms with Crippen LogP contribution in [0.4, 0.5) is 8.78 Å². The molecule has 1 saturated heterocycles. The number of rotatable bonds is 7. The molecule has 1 aliphatic rings. The predicted octanol–water partition coefficient (Wildman–Crippen LogP) is 4.01. The maximum Gasteiger partial charge on any atom is 0.387 e. The molecule has 1 aliphatic heterocycles. The summed E-state index contributed by atoms with van der Waals surface area (Å²) in [7, 11) is 1.70. The summed E-state index contributed by atoms with van der Waals surface area (Å²) in [5.74, 6) is 0.782. The number of ether oxygens (including phenoxy) is 2. The van der Waals surface area contributed by atoms with Gasteiger partial charge in [-0.15, -0.1) is 0 Å². The van der Waals surface area contributed by atoms with Crippen LogP contribution in [0, 0.1) is 6.92 Å². The van der Waals surface area contributed by atoms with E-state index in [2.05, 4.69) is 44.6 Å². The van der Waals surface area contributed by atoms with E-state index in [0.29, 0.717) is 24.6 Å². The van der Waals surface area contributed by atoms with Gasteiger partial charge in [0.25, 0.3) is 0 Å². The zero-order chi connectivity index (χ0) is 21.4. The van der Waals surface area contributed by atoms with Crippen molar-refractivity contribution in [2.24, 2.45) is 4.99 Å². The van der Waals surface area contributed by atoms with Gasteiger partial charge in [0.1, 0.15) is 5.75 Å². The van der Waals surface area contributed by atoms with E-state index in [4.69, 9.17) is 4.74 Å². The Labute approximate surface area is 176 Å². The molecule has 162 valence electrons. The predicted molar refractivity (Wildman–Crippen MR) is 114 cm³/mol. The second-order valence-corrected chi connectivity index (χ2v) is 7.53. The number of aryl methyl sites for hydroxylation is 1. The van der Waals surface area contributed by atoms with Crippen LogP contribution in [-0.2, 0) is 16.7 Å². The molecule has 0 aromatic heterocycles. The average molecular weight is 418 g/mol. The molecule has 7 heteroatoms. The number of alkyl halides is 2. The molecule has 0 amide bonds. The van der Waals surface area contributed by atoms with E-state index in [1.165, 1.54) is 5.56 Å². The summed E-state index contributed by atoms with van der Waals surface area (Å²) in [6.45, 7) is 1.53. The van der Waals surface area contributed by atoms with Crippen LogP contribution in [0.3, 0.4) is 0 Å². The molecule has 0 unspecified atom stereocenters. The number of nitrogens with zero attached hydrogens (tertiary/aromatic N) is 1. The third-order valence-corrected chi connectivity index (χ3v) is 5.53. The van der Waals surface area contributed by atoms with Gasteiger partial charge in [-0.1, -0.05) is 48.0 Å². The van der Waals surface area contributed by atoms with E-state index in [9.17, 15) is 8.78 Å². The molecule has 2 N–H and O–H groups in total. The first-order valence-corrected chi connectivity index (χ1v) is 10.1. The van der Waals surface area contributed by atoms with Gasteiger partial charge in [0, 0.05) is 44.3 Å². The number of nitrogens with one attached hydrogen (secondary N) is 2. The minimum atomic E-state index is -2.86. The smallest absolute Gasteiger partial charge is 0.387 e. The van der Waals surface area contributed by atoms with Crippen LogP contribution >= 0.6 is 0 Å². The molecular formula is C23H29F2N3O2. The van der Waals surface area contributed by atoms with E-state index < -0.39 is 6.61 Å². The normalized spacial score (nSPS) is 16.4. The fourth-order valence-corrected chi connectivity index (χ4v) is 3.83. The SMILES string of the molecule is CN=C(NCc1cc(C)ccc1OC(F)F)NCC1(c2ccccc2)CCOCC1. The molecule has 5 nitrogen and oxygen atoms in total. The Morgan fingerprint density at radius 2 is 1.87 bits per heavy atom. The number of aliphatic imine (C=N–C) groups is 1. The number of guanidine groups is 1. The number of hydrogen-bond donors (Lipinski definition) is 2. The zero-order valence-corrected chi connectivity index (χ0v) is 17.5. The Bertz CT molecular complexity index is 838. The van der Waals surface area contributed by atoms with Gasteiger partial charge in [-0.2, -0.15) is 8.78 Å². The molecule has 0 spiro atoms. The van der Waals surface area contributed by atoms with Crippen LogP contribution in [-0.4, -0.2) is 39.4 Å². The Morgan fingerprint density at radius 3 is 2.53 bits per heavy atom. The van der Waals surface area contributed by atoms with E-state index >= 15 is 0 Å². The van der Waals surface area contributed by atoms with Crippen molar-refractivity contribution in [1.29, 1.82) is 0 Å². The lowest BCUT2D eigenvalue weighted by molar-refractivity contribution is -0.0504. The van der Waals surface area contributed by atoms with Crippen LogP contribution < -0.4 is 15.4 Å². The van der Waals surface area contributed by atoms with Gasteiger partial charge in [-0.25, -0.2) is 0 Å². The van der Waals surface area contributed by atoms with Crippen LogP contribution in [0.5, 0.6) is 5.75 Å². The van der Waals surface area contributed by atoms with Crippen LogP contribution in [0.25, 0.3) is 0 Å². The van der Waals surface area contributed by atoms with Crippen molar-refractivity contribution in [2.75, 3.05) is 26.8 Å². The minimum Gasteiger partial charge on any atom is -0.434 e. The highest BCUT2D eigenvalue weighted by atomic mass is 19.3. The van der Waals surface area contributed by atoms with Crippen LogP contribution in [0.1, 0.15) is 29.5 Å². The standard InChI is InChI=1S/C23H29F2N3O2/c1-17-8-9-20(30-21(24)25)18(14-17)15-27-22(26-2)28-16-23(10-12-29-13-11-23)19-6-4-3-5-7-19/h3-9,14,21H,10-13,15-16H2,1-2H3,(H2,26,27,28). The van der Waals surface area contributed by atoms with Gasteiger partial charge in [0.05, 0.1) is 0 Å². The third kappa shape index (κ3) is 5.69. The molecule has 1 fully saturated rings. The highest BCUT2D eigenvalue weighted by Gasteiger charge is 2.34. The highest BCUT2D eigenvalue weighted by molar-refractivity contribution is 5.79. The van der Waals surface area contributed by atoms with Gasteiger partial charge < -0.3 is 20.1 Å². The van der Waals surface area contributed by atoms with Crippen molar-refractivity contribution in [3.63, 3.8) is 0 Å². The second kappa shape index (κ2) is 10.4. The Hall–Kier alpha value is -2.67. The van der Waals surface area contributed by atoms with Crippen LogP contribution in [0.2, 0.25) is 0 Å². The van der Waals surface area contributed by atoms with Gasteiger partial charge in [0.2, 0.25) is 0 Å². The molecular weight excluding hydrogens is 388 g/mol. The maximum absolute atomic E-state index is 12.7. The Morgan fingerprint density at radius 1 is 1.13 bits per heavy atom. The lowest BCUT2D eigenvalue weighted by Gasteiger charge is -2.38. The van der Waals surface area contributed by atoms with Crippen LogP contribution in [0.15, 0.2) is 53.5 Å². The Kier molecular flexibility index (Phi) is 7.63. The molecule has 3 rings (SSSR count). The molecule has 0 atom stereocenters. The summed E-state index contributed by atoms with van der Waals surface area (Å²) in [5, 5.41) is 6.64. The fraction of sp³-hybridized carbons (Fsp3) is 0.435. The van der Waals surface area contributed by atoms with E-state index in [-0.39, 0.29) is 11.2 Å². The first-order valence-electron chi connectivity index (χ1n) is 10.1. The lowest BCUT2D eigenvalue weighted by atomic mass is 9.74. The first-order chi connectivity index (χ1) is 14.5. The summed E-state index contributed by atoms with van der Waals surface area (Å²) in [6, 6.07) is 15.6. The lowest BCUT2D eigenvalue weighted by Crippen LogP contribution is -2.47. The largest absolute Gasteiger partial charge is 0.434 e. The number of halogens is 2. The molecule has 0 saturated carbocycles. The monoisotopic (exact) mass is 417 g/mol. The van der Waals surface area contributed by atoms with E-state index in [1.54, 1.807) is 19.2 Å².